The zero-order valence-corrected chi connectivity index (χ0v) is 18.4. The van der Waals surface area contributed by atoms with Crippen LogP contribution in [0.5, 0.6) is 0 Å². The van der Waals surface area contributed by atoms with E-state index in [0.29, 0.717) is 12.8 Å². The molecule has 1 N–H and O–H groups in total. The van der Waals surface area contributed by atoms with Crippen LogP contribution in [0.1, 0.15) is 123 Å². The molecular weight excluding hydrogens is 352 g/mol. The molecule has 0 aromatic rings. The summed E-state index contributed by atoms with van der Waals surface area (Å²) in [6.45, 7) is 4.44. The number of esters is 1. The molecule has 3 atom stereocenters. The van der Waals surface area contributed by atoms with Crippen LogP contribution < -0.4 is 0 Å². The van der Waals surface area contributed by atoms with Gasteiger partial charge in [-0.05, 0) is 44.9 Å². The molecule has 0 heterocycles. The third-order valence-electron chi connectivity index (χ3n) is 6.15. The van der Waals surface area contributed by atoms with Gasteiger partial charge in [0.15, 0.2) is 0 Å². The first-order valence-corrected chi connectivity index (χ1v) is 12.0. The molecule has 0 saturated heterocycles. The van der Waals surface area contributed by atoms with Gasteiger partial charge in [0.25, 0.3) is 0 Å². The Morgan fingerprint density at radius 1 is 0.821 bits per heavy atom. The lowest BCUT2D eigenvalue weighted by Crippen LogP contribution is -2.31. The van der Waals surface area contributed by atoms with Crippen molar-refractivity contribution in [3.63, 3.8) is 0 Å². The second-order valence-corrected chi connectivity index (χ2v) is 8.72. The zero-order valence-electron chi connectivity index (χ0n) is 18.4. The van der Waals surface area contributed by atoms with Crippen molar-refractivity contribution in [2.24, 2.45) is 11.8 Å². The van der Waals surface area contributed by atoms with Crippen molar-refractivity contribution in [1.29, 1.82) is 0 Å². The van der Waals surface area contributed by atoms with Crippen molar-refractivity contribution >= 4 is 11.9 Å². The van der Waals surface area contributed by atoms with Gasteiger partial charge < -0.3 is 9.84 Å². The van der Waals surface area contributed by atoms with Gasteiger partial charge in [-0.15, -0.1) is 0 Å². The Labute approximate surface area is 172 Å². The number of carboxylic acid groups (broad SMARTS) is 1. The Balaban J connectivity index is 2.39. The first-order valence-electron chi connectivity index (χ1n) is 12.0. The van der Waals surface area contributed by atoms with Crippen LogP contribution >= 0.6 is 0 Å². The van der Waals surface area contributed by atoms with E-state index in [1.807, 2.05) is 0 Å². The van der Waals surface area contributed by atoms with Crippen LogP contribution in [-0.2, 0) is 14.3 Å². The van der Waals surface area contributed by atoms with Gasteiger partial charge in [-0.1, -0.05) is 78.1 Å². The number of carbonyl (C=O) groups is 2. The fourth-order valence-corrected chi connectivity index (χ4v) is 4.28. The van der Waals surface area contributed by atoms with Gasteiger partial charge in [0.2, 0.25) is 0 Å². The molecule has 0 radical (unpaired) electrons. The van der Waals surface area contributed by atoms with Gasteiger partial charge in [-0.3, -0.25) is 9.59 Å². The predicted octanol–water partition coefficient (Wildman–Crippen LogP) is 6.90. The van der Waals surface area contributed by atoms with E-state index >= 15 is 0 Å². The number of hydrogen-bond donors (Lipinski definition) is 1. The summed E-state index contributed by atoms with van der Waals surface area (Å²) in [6, 6.07) is 0. The number of rotatable bonds is 16. The molecule has 1 aliphatic rings. The molecule has 4 heteroatoms. The Hall–Kier alpha value is -1.06. The van der Waals surface area contributed by atoms with E-state index in [9.17, 15) is 14.7 Å². The predicted molar refractivity (Wildman–Crippen MR) is 114 cm³/mol. The van der Waals surface area contributed by atoms with Gasteiger partial charge in [0.05, 0.1) is 11.8 Å². The molecule has 0 bridgehead atoms. The van der Waals surface area contributed by atoms with Gasteiger partial charge in [-0.2, -0.15) is 0 Å². The number of carbonyl (C=O) groups excluding carboxylic acids is 1. The largest absolute Gasteiger partial charge is 0.481 e. The molecule has 1 saturated carbocycles. The number of unbranched alkanes of at least 4 members (excludes halogenated alkanes) is 9. The summed E-state index contributed by atoms with van der Waals surface area (Å²) in [6.07, 6.45) is 18.3. The lowest BCUT2D eigenvalue weighted by molar-refractivity contribution is -0.158. The summed E-state index contributed by atoms with van der Waals surface area (Å²) < 4.78 is 5.91. The van der Waals surface area contributed by atoms with Crippen LogP contribution in [0.15, 0.2) is 0 Å². The van der Waals surface area contributed by atoms with Crippen LogP contribution in [0.3, 0.4) is 0 Å². The first-order chi connectivity index (χ1) is 13.6. The molecule has 0 spiro atoms. The van der Waals surface area contributed by atoms with E-state index in [-0.39, 0.29) is 23.9 Å². The molecule has 1 rings (SSSR count). The lowest BCUT2D eigenvalue weighted by Gasteiger charge is -2.27. The minimum Gasteiger partial charge on any atom is -0.481 e. The topological polar surface area (TPSA) is 63.6 Å². The maximum Gasteiger partial charge on any atom is 0.309 e. The fraction of sp³-hybridized carbons (Fsp3) is 0.917. The van der Waals surface area contributed by atoms with Crippen molar-refractivity contribution < 1.29 is 19.4 Å². The van der Waals surface area contributed by atoms with Crippen LogP contribution in [0, 0.1) is 11.8 Å². The van der Waals surface area contributed by atoms with Gasteiger partial charge in [0.1, 0.15) is 6.10 Å². The molecule has 28 heavy (non-hydrogen) atoms. The van der Waals surface area contributed by atoms with Gasteiger partial charge >= 0.3 is 11.9 Å². The van der Waals surface area contributed by atoms with Crippen molar-refractivity contribution in [2.45, 2.75) is 129 Å². The second kappa shape index (κ2) is 15.8. The smallest absolute Gasteiger partial charge is 0.309 e. The molecule has 0 aromatic carbocycles. The number of ether oxygens (including phenoxy) is 1. The molecule has 1 fully saturated rings. The highest BCUT2D eigenvalue weighted by Crippen LogP contribution is 2.31. The highest BCUT2D eigenvalue weighted by atomic mass is 16.5. The Bertz CT molecular complexity index is 421. The molecular formula is C24H44O4. The molecule has 3 unspecified atom stereocenters. The lowest BCUT2D eigenvalue weighted by atomic mass is 9.81. The summed E-state index contributed by atoms with van der Waals surface area (Å²) in [5.41, 5.74) is 0. The molecule has 0 amide bonds. The van der Waals surface area contributed by atoms with E-state index in [1.54, 1.807) is 0 Å². The average molecular weight is 397 g/mol. The second-order valence-electron chi connectivity index (χ2n) is 8.72. The van der Waals surface area contributed by atoms with Gasteiger partial charge in [0, 0.05) is 0 Å². The SMILES string of the molecule is CCCCCCCCCC(CCCCCC)OC(=O)C1CCCC(C(=O)O)C1. The van der Waals surface area contributed by atoms with E-state index in [0.717, 1.165) is 38.5 Å². The first kappa shape index (κ1) is 25.0. The highest BCUT2D eigenvalue weighted by Gasteiger charge is 2.32. The van der Waals surface area contributed by atoms with Gasteiger partial charge in [-0.25, -0.2) is 0 Å². The summed E-state index contributed by atoms with van der Waals surface area (Å²) >= 11 is 0. The zero-order chi connectivity index (χ0) is 20.6. The number of carboxylic acids is 1. The summed E-state index contributed by atoms with van der Waals surface area (Å²) in [4.78, 5) is 23.9. The summed E-state index contributed by atoms with van der Waals surface area (Å²) in [5, 5.41) is 9.25. The van der Waals surface area contributed by atoms with Crippen molar-refractivity contribution in [1.82, 2.24) is 0 Å². The normalized spacial score (nSPS) is 20.6. The quantitative estimate of drug-likeness (QED) is 0.228. The van der Waals surface area contributed by atoms with Crippen LogP contribution in [0.2, 0.25) is 0 Å². The Kier molecular flexibility index (Phi) is 14.1. The fourth-order valence-electron chi connectivity index (χ4n) is 4.28. The molecule has 4 nitrogen and oxygen atoms in total. The number of aliphatic carboxylic acids is 1. The minimum atomic E-state index is -0.767. The van der Waals surface area contributed by atoms with E-state index in [1.165, 1.54) is 57.8 Å². The van der Waals surface area contributed by atoms with Crippen LogP contribution in [0.4, 0.5) is 0 Å². The molecule has 0 aromatic heterocycles. The molecule has 0 aliphatic heterocycles. The maximum atomic E-state index is 12.7. The standard InChI is InChI=1S/C24H44O4/c1-3-5-7-9-10-11-13-18-22(17-12-8-6-4-2)28-24(27)21-16-14-15-20(19-21)23(25)26/h20-22H,3-19H2,1-2H3,(H,25,26). The monoisotopic (exact) mass is 396 g/mol. The summed E-state index contributed by atoms with van der Waals surface area (Å²) in [7, 11) is 0. The van der Waals surface area contributed by atoms with Crippen molar-refractivity contribution in [3.8, 4) is 0 Å². The Morgan fingerprint density at radius 3 is 1.89 bits per heavy atom. The minimum absolute atomic E-state index is 0.0187. The average Bonchev–Trinajstić information content (AvgIpc) is 2.70. The van der Waals surface area contributed by atoms with E-state index in [2.05, 4.69) is 13.8 Å². The third-order valence-corrected chi connectivity index (χ3v) is 6.15. The maximum absolute atomic E-state index is 12.7. The number of hydrogen-bond acceptors (Lipinski definition) is 3. The highest BCUT2D eigenvalue weighted by molar-refractivity contribution is 5.75. The van der Waals surface area contributed by atoms with Crippen molar-refractivity contribution in [3.05, 3.63) is 0 Å². The van der Waals surface area contributed by atoms with Crippen LogP contribution in [-0.4, -0.2) is 23.1 Å². The molecule has 1 aliphatic carbocycles. The van der Waals surface area contributed by atoms with E-state index < -0.39 is 5.97 Å². The summed E-state index contributed by atoms with van der Waals surface area (Å²) in [5.74, 6) is -1.51. The molecule has 164 valence electrons. The van der Waals surface area contributed by atoms with Crippen LogP contribution in [0.25, 0.3) is 0 Å². The van der Waals surface area contributed by atoms with Crippen molar-refractivity contribution in [2.75, 3.05) is 0 Å². The third kappa shape index (κ3) is 11.1. The van der Waals surface area contributed by atoms with E-state index in [4.69, 9.17) is 4.74 Å². The Morgan fingerprint density at radius 2 is 1.32 bits per heavy atom.